The van der Waals surface area contributed by atoms with Gasteiger partial charge in [-0.05, 0) is 67.3 Å². The summed E-state index contributed by atoms with van der Waals surface area (Å²) in [7, 11) is -3.86. The van der Waals surface area contributed by atoms with Gasteiger partial charge in [0.1, 0.15) is 5.82 Å². The van der Waals surface area contributed by atoms with E-state index in [-0.39, 0.29) is 16.6 Å². The first kappa shape index (κ1) is 23.8. The number of likely N-dealkylation sites (tertiary alicyclic amines) is 1. The van der Waals surface area contributed by atoms with E-state index in [1.165, 1.54) is 34.6 Å². The van der Waals surface area contributed by atoms with Crippen molar-refractivity contribution in [3.8, 4) is 0 Å². The molecule has 1 fully saturated rings. The Kier molecular flexibility index (Phi) is 6.95. The van der Waals surface area contributed by atoms with E-state index in [4.69, 9.17) is 0 Å². The van der Waals surface area contributed by atoms with E-state index >= 15 is 0 Å². The Morgan fingerprint density at radius 3 is 2.35 bits per heavy atom. The Balaban J connectivity index is 1.56. The van der Waals surface area contributed by atoms with Crippen LogP contribution in [0, 0.1) is 22.9 Å². The number of hydrogen-bond acceptors (Lipinski definition) is 5. The standard InChI is InChI=1S/C25H26FN3O4S/c1-19-4-2-7-25(16-19)34(32,33)28(22-10-8-21(26)9-11-22)23-12-14-27(15-13-23)18-20-5-3-6-24(17-20)29(30)31/h2-11,16-17,23H,12-15,18H2,1H3. The first-order chi connectivity index (χ1) is 16.2. The molecule has 7 nitrogen and oxygen atoms in total. The zero-order valence-corrected chi connectivity index (χ0v) is 19.6. The molecule has 1 aliphatic rings. The normalized spacial score (nSPS) is 15.2. The topological polar surface area (TPSA) is 83.8 Å². The summed E-state index contributed by atoms with van der Waals surface area (Å²) in [6, 6.07) is 18.6. The van der Waals surface area contributed by atoms with Gasteiger partial charge in [-0.2, -0.15) is 0 Å². The Morgan fingerprint density at radius 1 is 1.03 bits per heavy atom. The zero-order valence-electron chi connectivity index (χ0n) is 18.8. The molecular weight excluding hydrogens is 457 g/mol. The minimum atomic E-state index is -3.86. The number of aryl methyl sites for hydroxylation is 1. The molecule has 0 aliphatic carbocycles. The van der Waals surface area contributed by atoms with Gasteiger partial charge >= 0.3 is 0 Å². The number of hydrogen-bond donors (Lipinski definition) is 0. The number of nitro benzene ring substituents is 1. The van der Waals surface area contributed by atoms with Crippen molar-refractivity contribution in [2.75, 3.05) is 17.4 Å². The van der Waals surface area contributed by atoms with Crippen LogP contribution in [0.1, 0.15) is 24.0 Å². The molecule has 34 heavy (non-hydrogen) atoms. The summed E-state index contributed by atoms with van der Waals surface area (Å²) in [6.07, 6.45) is 1.16. The first-order valence-electron chi connectivity index (χ1n) is 11.1. The number of benzene rings is 3. The molecule has 178 valence electrons. The molecule has 1 aliphatic heterocycles. The van der Waals surface area contributed by atoms with Gasteiger partial charge in [-0.25, -0.2) is 12.8 Å². The lowest BCUT2D eigenvalue weighted by atomic mass is 10.0. The van der Waals surface area contributed by atoms with Crippen LogP contribution in [-0.4, -0.2) is 37.4 Å². The van der Waals surface area contributed by atoms with Gasteiger partial charge in [-0.3, -0.25) is 19.3 Å². The minimum Gasteiger partial charge on any atom is -0.299 e. The number of halogens is 1. The van der Waals surface area contributed by atoms with Crippen LogP contribution in [0.25, 0.3) is 0 Å². The molecular formula is C25H26FN3O4S. The van der Waals surface area contributed by atoms with E-state index in [2.05, 4.69) is 4.90 Å². The highest BCUT2D eigenvalue weighted by molar-refractivity contribution is 7.92. The highest BCUT2D eigenvalue weighted by Crippen LogP contribution is 2.31. The van der Waals surface area contributed by atoms with Gasteiger partial charge in [0.15, 0.2) is 0 Å². The first-order valence-corrected chi connectivity index (χ1v) is 12.5. The van der Waals surface area contributed by atoms with Crippen molar-refractivity contribution in [3.05, 3.63) is 99.9 Å². The molecule has 1 heterocycles. The van der Waals surface area contributed by atoms with Gasteiger partial charge in [0.2, 0.25) is 0 Å². The Labute approximate surface area is 198 Å². The lowest BCUT2D eigenvalue weighted by Crippen LogP contribution is -2.47. The number of non-ortho nitro benzene ring substituents is 1. The predicted octanol–water partition coefficient (Wildman–Crippen LogP) is 4.90. The Bertz CT molecular complexity index is 1270. The SMILES string of the molecule is Cc1cccc(S(=O)(=O)N(c2ccc(F)cc2)C2CCN(Cc3cccc([N+](=O)[O-])c3)CC2)c1. The third-order valence-corrected chi connectivity index (χ3v) is 7.92. The monoisotopic (exact) mass is 483 g/mol. The van der Waals surface area contributed by atoms with Crippen molar-refractivity contribution >= 4 is 21.4 Å². The maximum absolute atomic E-state index is 13.7. The van der Waals surface area contributed by atoms with E-state index in [9.17, 15) is 22.9 Å². The summed E-state index contributed by atoms with van der Waals surface area (Å²) in [6.45, 7) is 3.66. The van der Waals surface area contributed by atoms with Crippen LogP contribution in [0.2, 0.25) is 0 Å². The lowest BCUT2D eigenvalue weighted by Gasteiger charge is -2.39. The molecule has 0 radical (unpaired) electrons. The maximum Gasteiger partial charge on any atom is 0.269 e. The number of sulfonamides is 1. The van der Waals surface area contributed by atoms with Gasteiger partial charge in [0, 0.05) is 37.8 Å². The Morgan fingerprint density at radius 2 is 1.71 bits per heavy atom. The zero-order chi connectivity index (χ0) is 24.3. The van der Waals surface area contributed by atoms with Gasteiger partial charge in [0.05, 0.1) is 15.5 Å². The molecule has 0 saturated carbocycles. The molecule has 9 heteroatoms. The van der Waals surface area contributed by atoms with Crippen LogP contribution in [0.3, 0.4) is 0 Å². The number of rotatable bonds is 7. The minimum absolute atomic E-state index is 0.0547. The summed E-state index contributed by atoms with van der Waals surface area (Å²) in [5, 5.41) is 11.1. The van der Waals surface area contributed by atoms with Gasteiger partial charge in [0.25, 0.3) is 15.7 Å². The van der Waals surface area contributed by atoms with Crippen LogP contribution in [0.4, 0.5) is 15.8 Å². The summed E-state index contributed by atoms with van der Waals surface area (Å²) in [5.74, 6) is -0.427. The molecule has 0 bridgehead atoms. The van der Waals surface area contributed by atoms with Crippen LogP contribution < -0.4 is 4.31 Å². The number of anilines is 1. The van der Waals surface area contributed by atoms with Crippen molar-refractivity contribution in [1.29, 1.82) is 0 Å². The van der Waals surface area contributed by atoms with Crippen molar-refractivity contribution < 1.29 is 17.7 Å². The van der Waals surface area contributed by atoms with E-state index in [1.54, 1.807) is 30.3 Å². The average Bonchev–Trinajstić information content (AvgIpc) is 2.82. The Hall–Kier alpha value is -3.30. The third kappa shape index (κ3) is 5.26. The second kappa shape index (κ2) is 9.90. The highest BCUT2D eigenvalue weighted by Gasteiger charge is 2.34. The van der Waals surface area contributed by atoms with Gasteiger partial charge < -0.3 is 0 Å². The predicted molar refractivity (Wildman–Crippen MR) is 129 cm³/mol. The fourth-order valence-corrected chi connectivity index (χ4v) is 6.18. The smallest absolute Gasteiger partial charge is 0.269 e. The molecule has 4 rings (SSSR count). The second-order valence-corrected chi connectivity index (χ2v) is 10.3. The van der Waals surface area contributed by atoms with E-state index in [1.807, 2.05) is 19.1 Å². The molecule has 0 atom stereocenters. The molecule has 3 aromatic carbocycles. The fraction of sp³-hybridized carbons (Fsp3) is 0.280. The van der Waals surface area contributed by atoms with Crippen LogP contribution in [0.5, 0.6) is 0 Å². The van der Waals surface area contributed by atoms with E-state index in [0.717, 1.165) is 11.1 Å². The van der Waals surface area contributed by atoms with Crippen LogP contribution in [0.15, 0.2) is 77.7 Å². The largest absolute Gasteiger partial charge is 0.299 e. The molecule has 1 saturated heterocycles. The quantitative estimate of drug-likeness (QED) is 0.353. The number of nitro groups is 1. The highest BCUT2D eigenvalue weighted by atomic mass is 32.2. The van der Waals surface area contributed by atoms with Gasteiger partial charge in [-0.15, -0.1) is 0 Å². The molecule has 3 aromatic rings. The maximum atomic E-state index is 13.7. The lowest BCUT2D eigenvalue weighted by molar-refractivity contribution is -0.384. The average molecular weight is 484 g/mol. The molecule has 0 unspecified atom stereocenters. The van der Waals surface area contributed by atoms with Crippen LogP contribution >= 0.6 is 0 Å². The summed E-state index contributed by atoms with van der Waals surface area (Å²) in [5.41, 5.74) is 2.17. The van der Waals surface area contributed by atoms with Crippen molar-refractivity contribution in [2.24, 2.45) is 0 Å². The van der Waals surface area contributed by atoms with Gasteiger partial charge in [-0.1, -0.05) is 24.3 Å². The van der Waals surface area contributed by atoms with Crippen molar-refractivity contribution in [2.45, 2.75) is 37.2 Å². The summed E-state index contributed by atoms with van der Waals surface area (Å²) < 4.78 is 42.4. The van der Waals surface area contributed by atoms with Crippen molar-refractivity contribution in [3.63, 3.8) is 0 Å². The van der Waals surface area contributed by atoms with E-state index in [0.29, 0.717) is 38.2 Å². The van der Waals surface area contributed by atoms with Crippen LogP contribution in [-0.2, 0) is 16.6 Å². The van der Waals surface area contributed by atoms with E-state index < -0.39 is 20.8 Å². The summed E-state index contributed by atoms with van der Waals surface area (Å²) >= 11 is 0. The van der Waals surface area contributed by atoms with Crippen molar-refractivity contribution in [1.82, 2.24) is 4.90 Å². The molecule has 0 spiro atoms. The fourth-order valence-electron chi connectivity index (χ4n) is 4.36. The third-order valence-electron chi connectivity index (χ3n) is 6.04. The second-order valence-electron chi connectivity index (χ2n) is 8.53. The number of nitrogens with zero attached hydrogens (tertiary/aromatic N) is 3. The molecule has 0 amide bonds. The summed E-state index contributed by atoms with van der Waals surface area (Å²) in [4.78, 5) is 13.0. The molecule has 0 N–H and O–H groups in total. The molecule has 0 aromatic heterocycles. The number of piperidine rings is 1.